The number of benzene rings is 1. The molecule has 2 unspecified atom stereocenters. The second kappa shape index (κ2) is 5.07. The van der Waals surface area contributed by atoms with Gasteiger partial charge in [0.15, 0.2) is 0 Å². The standard InChI is InChI=1S/C13H16BrClO/c1-10-13(9-15,5-6-16-10)8-11-3-2-4-12(14)7-11/h2-4,7,10H,5-6,8-9H2,1H3. The largest absolute Gasteiger partial charge is 0.378 e. The third-order valence-corrected chi connectivity index (χ3v) is 4.57. The zero-order valence-corrected chi connectivity index (χ0v) is 11.7. The molecule has 2 atom stereocenters. The van der Waals surface area contributed by atoms with Crippen molar-refractivity contribution in [3.8, 4) is 0 Å². The van der Waals surface area contributed by atoms with Crippen LogP contribution in [0.15, 0.2) is 28.7 Å². The lowest BCUT2D eigenvalue weighted by Crippen LogP contribution is -2.33. The SMILES string of the molecule is CC1OCCC1(CCl)Cc1cccc(Br)c1. The smallest absolute Gasteiger partial charge is 0.0618 e. The van der Waals surface area contributed by atoms with Crippen molar-refractivity contribution < 1.29 is 4.74 Å². The summed E-state index contributed by atoms with van der Waals surface area (Å²) in [6.07, 6.45) is 2.31. The lowest BCUT2D eigenvalue weighted by molar-refractivity contribution is 0.0735. The molecule has 1 saturated heterocycles. The van der Waals surface area contributed by atoms with Crippen molar-refractivity contribution in [1.29, 1.82) is 0 Å². The van der Waals surface area contributed by atoms with Gasteiger partial charge in [0, 0.05) is 22.4 Å². The van der Waals surface area contributed by atoms with E-state index in [1.165, 1.54) is 5.56 Å². The molecular weight excluding hydrogens is 287 g/mol. The summed E-state index contributed by atoms with van der Waals surface area (Å²) in [5.41, 5.74) is 1.44. The number of ether oxygens (including phenoxy) is 1. The van der Waals surface area contributed by atoms with Gasteiger partial charge in [-0.1, -0.05) is 28.1 Å². The average molecular weight is 304 g/mol. The second-order valence-electron chi connectivity index (χ2n) is 4.57. The quantitative estimate of drug-likeness (QED) is 0.766. The summed E-state index contributed by atoms with van der Waals surface area (Å²) in [4.78, 5) is 0. The highest BCUT2D eigenvalue weighted by molar-refractivity contribution is 9.10. The van der Waals surface area contributed by atoms with E-state index in [1.807, 2.05) is 6.07 Å². The molecule has 16 heavy (non-hydrogen) atoms. The Hall–Kier alpha value is -0.0500. The topological polar surface area (TPSA) is 9.23 Å². The van der Waals surface area contributed by atoms with Crippen LogP contribution in [0.25, 0.3) is 0 Å². The lowest BCUT2D eigenvalue weighted by Gasteiger charge is -2.30. The highest BCUT2D eigenvalue weighted by atomic mass is 79.9. The Labute approximate surface area is 110 Å². The predicted octanol–water partition coefficient (Wildman–Crippen LogP) is 4.03. The lowest BCUT2D eigenvalue weighted by atomic mass is 9.78. The van der Waals surface area contributed by atoms with Crippen molar-refractivity contribution in [2.75, 3.05) is 12.5 Å². The molecule has 0 bridgehead atoms. The Morgan fingerprint density at radius 1 is 1.56 bits per heavy atom. The minimum absolute atomic E-state index is 0.113. The molecule has 1 aromatic carbocycles. The molecule has 1 fully saturated rings. The van der Waals surface area contributed by atoms with Gasteiger partial charge in [-0.3, -0.25) is 0 Å². The van der Waals surface area contributed by atoms with E-state index in [1.54, 1.807) is 0 Å². The minimum Gasteiger partial charge on any atom is -0.378 e. The molecule has 0 aromatic heterocycles. The number of rotatable bonds is 3. The third kappa shape index (κ3) is 2.44. The number of halogens is 2. The van der Waals surface area contributed by atoms with E-state index in [0.29, 0.717) is 5.88 Å². The first-order valence-corrected chi connectivity index (χ1v) is 6.91. The van der Waals surface area contributed by atoms with Crippen molar-refractivity contribution in [2.24, 2.45) is 5.41 Å². The maximum atomic E-state index is 6.16. The molecule has 1 aliphatic rings. The van der Waals surface area contributed by atoms with Crippen molar-refractivity contribution in [2.45, 2.75) is 25.9 Å². The molecule has 0 radical (unpaired) electrons. The summed E-state index contributed by atoms with van der Waals surface area (Å²) in [6, 6.07) is 8.44. The zero-order valence-electron chi connectivity index (χ0n) is 9.38. The highest BCUT2D eigenvalue weighted by Gasteiger charge is 2.40. The Bertz CT molecular complexity index is 369. The summed E-state index contributed by atoms with van der Waals surface area (Å²) in [7, 11) is 0. The van der Waals surface area contributed by atoms with E-state index in [-0.39, 0.29) is 11.5 Å². The van der Waals surface area contributed by atoms with Crippen LogP contribution in [0.3, 0.4) is 0 Å². The first-order chi connectivity index (χ1) is 7.66. The van der Waals surface area contributed by atoms with Gasteiger partial charge in [0.05, 0.1) is 6.10 Å². The van der Waals surface area contributed by atoms with Gasteiger partial charge in [-0.05, 0) is 37.5 Å². The monoisotopic (exact) mass is 302 g/mol. The van der Waals surface area contributed by atoms with Crippen LogP contribution in [0.5, 0.6) is 0 Å². The summed E-state index contributed by atoms with van der Waals surface area (Å²) >= 11 is 9.66. The fourth-order valence-electron chi connectivity index (χ4n) is 2.33. The molecule has 1 aliphatic heterocycles. The van der Waals surface area contributed by atoms with Gasteiger partial charge in [-0.2, -0.15) is 0 Å². The van der Waals surface area contributed by atoms with Crippen LogP contribution in [0.4, 0.5) is 0 Å². The molecule has 0 saturated carbocycles. The maximum absolute atomic E-state index is 6.16. The van der Waals surface area contributed by atoms with Crippen LogP contribution in [0.2, 0.25) is 0 Å². The van der Waals surface area contributed by atoms with Crippen LogP contribution < -0.4 is 0 Å². The molecule has 88 valence electrons. The molecule has 3 heteroatoms. The van der Waals surface area contributed by atoms with E-state index in [0.717, 1.165) is 23.9 Å². The Morgan fingerprint density at radius 3 is 2.94 bits per heavy atom. The first kappa shape index (κ1) is 12.4. The Kier molecular flexibility index (Phi) is 3.93. The predicted molar refractivity (Wildman–Crippen MR) is 71.0 cm³/mol. The number of hydrogen-bond donors (Lipinski definition) is 0. The van der Waals surface area contributed by atoms with E-state index in [2.05, 4.69) is 41.1 Å². The summed E-state index contributed by atoms with van der Waals surface area (Å²) in [6.45, 7) is 2.97. The van der Waals surface area contributed by atoms with Crippen molar-refractivity contribution in [1.82, 2.24) is 0 Å². The van der Waals surface area contributed by atoms with Crippen LogP contribution >= 0.6 is 27.5 Å². The minimum atomic E-state index is 0.113. The molecule has 1 nitrogen and oxygen atoms in total. The molecule has 0 spiro atoms. The molecule has 2 rings (SSSR count). The van der Waals surface area contributed by atoms with Crippen LogP contribution in [-0.2, 0) is 11.2 Å². The zero-order chi connectivity index (χ0) is 11.6. The van der Waals surface area contributed by atoms with Gasteiger partial charge in [0.1, 0.15) is 0 Å². The van der Waals surface area contributed by atoms with Gasteiger partial charge < -0.3 is 4.74 Å². The fraction of sp³-hybridized carbons (Fsp3) is 0.538. The van der Waals surface area contributed by atoms with Crippen molar-refractivity contribution >= 4 is 27.5 Å². The molecule has 0 aliphatic carbocycles. The van der Waals surface area contributed by atoms with Gasteiger partial charge in [0.25, 0.3) is 0 Å². The van der Waals surface area contributed by atoms with Crippen molar-refractivity contribution in [3.63, 3.8) is 0 Å². The molecular formula is C13H16BrClO. The van der Waals surface area contributed by atoms with E-state index in [4.69, 9.17) is 16.3 Å². The first-order valence-electron chi connectivity index (χ1n) is 5.58. The van der Waals surface area contributed by atoms with Gasteiger partial charge in [-0.25, -0.2) is 0 Å². The average Bonchev–Trinajstić information content (AvgIpc) is 2.61. The molecule has 1 aromatic rings. The summed E-state index contributed by atoms with van der Waals surface area (Å²) in [5.74, 6) is 0.667. The van der Waals surface area contributed by atoms with Crippen molar-refractivity contribution in [3.05, 3.63) is 34.3 Å². The number of hydrogen-bond acceptors (Lipinski definition) is 1. The number of alkyl halides is 1. The molecule has 1 heterocycles. The van der Waals surface area contributed by atoms with Crippen LogP contribution in [0, 0.1) is 5.41 Å². The second-order valence-corrected chi connectivity index (χ2v) is 5.75. The van der Waals surface area contributed by atoms with Crippen LogP contribution in [-0.4, -0.2) is 18.6 Å². The van der Waals surface area contributed by atoms with E-state index >= 15 is 0 Å². The van der Waals surface area contributed by atoms with Gasteiger partial charge in [0.2, 0.25) is 0 Å². The highest BCUT2D eigenvalue weighted by Crippen LogP contribution is 2.39. The summed E-state index contributed by atoms with van der Waals surface area (Å²) in [5, 5.41) is 0. The van der Waals surface area contributed by atoms with Crippen LogP contribution in [0.1, 0.15) is 18.9 Å². The fourth-order valence-corrected chi connectivity index (χ4v) is 3.22. The van der Waals surface area contributed by atoms with Gasteiger partial charge >= 0.3 is 0 Å². The van der Waals surface area contributed by atoms with E-state index in [9.17, 15) is 0 Å². The molecule has 0 amide bonds. The molecule has 0 N–H and O–H groups in total. The summed E-state index contributed by atoms with van der Waals surface area (Å²) < 4.78 is 6.79. The Balaban J connectivity index is 2.18. The third-order valence-electron chi connectivity index (χ3n) is 3.54. The van der Waals surface area contributed by atoms with Gasteiger partial charge in [-0.15, -0.1) is 11.6 Å². The van der Waals surface area contributed by atoms with E-state index < -0.39 is 0 Å². The normalized spacial score (nSPS) is 29.6. The maximum Gasteiger partial charge on any atom is 0.0618 e. The Morgan fingerprint density at radius 2 is 2.38 bits per heavy atom.